The monoisotopic (exact) mass is 341 g/mol. The molecular formula is C15H17ClFN3OS. The molecule has 1 aromatic heterocycles. The number of nitrogens with one attached hydrogen (secondary N) is 2. The molecule has 0 saturated heterocycles. The Morgan fingerprint density at radius 1 is 1.41 bits per heavy atom. The third-order valence-corrected chi connectivity index (χ3v) is 4.20. The maximum Gasteiger partial charge on any atom is 0.319 e. The van der Waals surface area contributed by atoms with Crippen molar-refractivity contribution in [2.45, 2.75) is 6.04 Å². The first-order valence-corrected chi connectivity index (χ1v) is 7.98. The van der Waals surface area contributed by atoms with E-state index in [1.165, 1.54) is 12.1 Å². The summed E-state index contributed by atoms with van der Waals surface area (Å²) in [4.78, 5) is 13.9. The van der Waals surface area contributed by atoms with E-state index in [0.29, 0.717) is 6.54 Å². The highest BCUT2D eigenvalue weighted by Gasteiger charge is 2.16. The number of thiophene rings is 1. The molecule has 4 nitrogen and oxygen atoms in total. The van der Waals surface area contributed by atoms with E-state index in [0.717, 1.165) is 5.56 Å². The van der Waals surface area contributed by atoms with E-state index in [2.05, 4.69) is 10.6 Å². The van der Waals surface area contributed by atoms with Gasteiger partial charge in [-0.1, -0.05) is 17.7 Å². The van der Waals surface area contributed by atoms with Crippen molar-refractivity contribution in [2.75, 3.05) is 26.0 Å². The van der Waals surface area contributed by atoms with Crippen molar-refractivity contribution >= 4 is 34.7 Å². The largest absolute Gasteiger partial charge is 0.336 e. The molecule has 0 saturated carbocycles. The number of anilines is 1. The van der Waals surface area contributed by atoms with Crippen molar-refractivity contribution in [1.82, 2.24) is 10.2 Å². The zero-order valence-electron chi connectivity index (χ0n) is 12.3. The van der Waals surface area contributed by atoms with Gasteiger partial charge in [-0.25, -0.2) is 9.18 Å². The predicted molar refractivity (Wildman–Crippen MR) is 89.2 cm³/mol. The molecule has 1 aromatic carbocycles. The average molecular weight is 342 g/mol. The van der Waals surface area contributed by atoms with Gasteiger partial charge in [0.1, 0.15) is 0 Å². The van der Waals surface area contributed by atoms with Gasteiger partial charge in [-0.05, 0) is 48.6 Å². The van der Waals surface area contributed by atoms with Crippen LogP contribution in [0, 0.1) is 5.82 Å². The molecule has 1 heterocycles. The highest BCUT2D eigenvalue weighted by Crippen LogP contribution is 2.22. The van der Waals surface area contributed by atoms with Crippen LogP contribution in [0.2, 0.25) is 5.02 Å². The molecule has 2 N–H and O–H groups in total. The highest BCUT2D eigenvalue weighted by atomic mass is 35.5. The van der Waals surface area contributed by atoms with Crippen LogP contribution in [0.15, 0.2) is 35.0 Å². The molecule has 2 aromatic rings. The average Bonchev–Trinajstić information content (AvgIpc) is 2.98. The number of carbonyl (C=O) groups is 1. The summed E-state index contributed by atoms with van der Waals surface area (Å²) in [5, 5.41) is 9.23. The second kappa shape index (κ2) is 7.58. The van der Waals surface area contributed by atoms with Crippen LogP contribution in [0.4, 0.5) is 14.9 Å². The van der Waals surface area contributed by atoms with Crippen LogP contribution < -0.4 is 10.6 Å². The van der Waals surface area contributed by atoms with Crippen molar-refractivity contribution in [3.63, 3.8) is 0 Å². The minimum Gasteiger partial charge on any atom is -0.336 e. The van der Waals surface area contributed by atoms with E-state index < -0.39 is 11.8 Å². The number of benzene rings is 1. The lowest BCUT2D eigenvalue weighted by molar-refractivity contribution is 0.243. The molecule has 0 bridgehead atoms. The van der Waals surface area contributed by atoms with Crippen molar-refractivity contribution in [3.8, 4) is 0 Å². The van der Waals surface area contributed by atoms with Crippen molar-refractivity contribution in [3.05, 3.63) is 51.4 Å². The lowest BCUT2D eigenvalue weighted by Crippen LogP contribution is -2.36. The molecule has 2 amide bonds. The van der Waals surface area contributed by atoms with E-state index >= 15 is 0 Å². The fraction of sp³-hybridized carbons (Fsp3) is 0.267. The number of amides is 2. The fourth-order valence-electron chi connectivity index (χ4n) is 2.02. The van der Waals surface area contributed by atoms with Crippen LogP contribution in [0.25, 0.3) is 0 Å². The van der Waals surface area contributed by atoms with E-state index in [4.69, 9.17) is 11.6 Å². The Balaban J connectivity index is 1.96. The summed E-state index contributed by atoms with van der Waals surface area (Å²) in [6.07, 6.45) is 0. The zero-order chi connectivity index (χ0) is 16.1. The second-order valence-corrected chi connectivity index (χ2v) is 6.16. The zero-order valence-corrected chi connectivity index (χ0v) is 13.8. The standard InChI is InChI=1S/C15H17ClFN3OS/c1-20(2)13(10-6-7-22-9-10)8-18-15(21)19-12-5-3-4-11(16)14(12)17/h3-7,9,13H,8H2,1-2H3,(H2,18,19,21)/t13-/m0/s1. The van der Waals surface area contributed by atoms with Crippen LogP contribution in [-0.2, 0) is 0 Å². The summed E-state index contributed by atoms with van der Waals surface area (Å²) >= 11 is 7.29. The molecule has 22 heavy (non-hydrogen) atoms. The first-order valence-electron chi connectivity index (χ1n) is 6.66. The lowest BCUT2D eigenvalue weighted by atomic mass is 10.1. The minimum absolute atomic E-state index is 0.0257. The second-order valence-electron chi connectivity index (χ2n) is 4.97. The third-order valence-electron chi connectivity index (χ3n) is 3.21. The summed E-state index contributed by atoms with van der Waals surface area (Å²) in [5.74, 6) is -0.638. The van der Waals surface area contributed by atoms with E-state index in [-0.39, 0.29) is 16.8 Å². The third kappa shape index (κ3) is 4.19. The van der Waals surface area contributed by atoms with Gasteiger partial charge < -0.3 is 15.5 Å². The van der Waals surface area contributed by atoms with Crippen LogP contribution >= 0.6 is 22.9 Å². The molecule has 0 spiro atoms. The molecule has 0 fully saturated rings. The number of rotatable bonds is 5. The molecule has 7 heteroatoms. The molecule has 0 aliphatic carbocycles. The van der Waals surface area contributed by atoms with Gasteiger partial charge in [-0.15, -0.1) is 0 Å². The van der Waals surface area contributed by atoms with Gasteiger partial charge in [-0.3, -0.25) is 0 Å². The number of halogens is 2. The number of urea groups is 1. The van der Waals surface area contributed by atoms with Gasteiger partial charge in [0, 0.05) is 6.54 Å². The summed E-state index contributed by atoms with van der Waals surface area (Å²) in [6.45, 7) is 0.414. The summed E-state index contributed by atoms with van der Waals surface area (Å²) in [5.41, 5.74) is 1.19. The van der Waals surface area contributed by atoms with Gasteiger partial charge >= 0.3 is 6.03 Å². The van der Waals surface area contributed by atoms with E-state index in [9.17, 15) is 9.18 Å². The van der Waals surface area contributed by atoms with Gasteiger partial charge in [0.05, 0.1) is 16.8 Å². The topological polar surface area (TPSA) is 44.4 Å². The first kappa shape index (κ1) is 16.7. The minimum atomic E-state index is -0.638. The highest BCUT2D eigenvalue weighted by molar-refractivity contribution is 7.07. The van der Waals surface area contributed by atoms with E-state index in [1.54, 1.807) is 17.4 Å². The SMILES string of the molecule is CN(C)[C@@H](CNC(=O)Nc1cccc(Cl)c1F)c1ccsc1. The molecular weight excluding hydrogens is 325 g/mol. The molecule has 0 radical (unpaired) electrons. The fourth-order valence-corrected chi connectivity index (χ4v) is 2.90. The van der Waals surface area contributed by atoms with Gasteiger partial charge in [0.2, 0.25) is 0 Å². The summed E-state index contributed by atoms with van der Waals surface area (Å²) in [6, 6.07) is 6.08. The molecule has 1 atom stereocenters. The maximum absolute atomic E-state index is 13.7. The predicted octanol–water partition coefficient (Wildman–Crippen LogP) is 3.97. The van der Waals surface area contributed by atoms with E-state index in [1.807, 2.05) is 35.8 Å². The summed E-state index contributed by atoms with van der Waals surface area (Å²) in [7, 11) is 3.89. The van der Waals surface area contributed by atoms with Crippen molar-refractivity contribution in [1.29, 1.82) is 0 Å². The van der Waals surface area contributed by atoms with Crippen LogP contribution in [-0.4, -0.2) is 31.6 Å². The van der Waals surface area contributed by atoms with Gasteiger partial charge in [0.15, 0.2) is 5.82 Å². The Kier molecular flexibility index (Phi) is 5.76. The maximum atomic E-state index is 13.7. The number of likely N-dealkylation sites (N-methyl/N-ethyl adjacent to an activating group) is 1. The van der Waals surface area contributed by atoms with Gasteiger partial charge in [0.25, 0.3) is 0 Å². The summed E-state index contributed by atoms with van der Waals surface area (Å²) < 4.78 is 13.7. The molecule has 2 rings (SSSR count). The van der Waals surface area contributed by atoms with Crippen LogP contribution in [0.1, 0.15) is 11.6 Å². The number of hydrogen-bond acceptors (Lipinski definition) is 3. The Morgan fingerprint density at radius 2 is 2.18 bits per heavy atom. The number of nitrogens with zero attached hydrogens (tertiary/aromatic N) is 1. The van der Waals surface area contributed by atoms with Crippen LogP contribution in [0.5, 0.6) is 0 Å². The Labute approximate surface area is 137 Å². The van der Waals surface area contributed by atoms with Crippen molar-refractivity contribution in [2.24, 2.45) is 0 Å². The Bertz CT molecular complexity index is 634. The molecule has 118 valence electrons. The van der Waals surface area contributed by atoms with Crippen LogP contribution in [0.3, 0.4) is 0 Å². The molecule has 0 aliphatic heterocycles. The number of hydrogen-bond donors (Lipinski definition) is 2. The van der Waals surface area contributed by atoms with Gasteiger partial charge in [-0.2, -0.15) is 11.3 Å². The quantitative estimate of drug-likeness (QED) is 0.864. The normalized spacial score (nSPS) is 12.2. The number of carbonyl (C=O) groups excluding carboxylic acids is 1. The first-order chi connectivity index (χ1) is 10.5. The lowest BCUT2D eigenvalue weighted by Gasteiger charge is -2.24. The molecule has 0 unspecified atom stereocenters. The Hall–Kier alpha value is -1.63. The smallest absolute Gasteiger partial charge is 0.319 e. The van der Waals surface area contributed by atoms with Crippen molar-refractivity contribution < 1.29 is 9.18 Å². The molecule has 0 aliphatic rings. The Morgan fingerprint density at radius 3 is 2.82 bits per heavy atom.